The lowest BCUT2D eigenvalue weighted by molar-refractivity contribution is -0.137. The second-order valence-electron chi connectivity index (χ2n) is 8.20. The standard InChI is InChI=1S/C21H29F4N3O/c1-15(29)26-18-5-2-16(3-6-18)8-9-27-10-12-28(13-11-27)20-7-4-17(14-19(20)22)21(23,24)25/h4,7,14,16,18H,2-3,5-6,8-13H2,1H3,(H,26,29). The van der Waals surface area contributed by atoms with Crippen LogP contribution in [0.5, 0.6) is 0 Å². The van der Waals surface area contributed by atoms with Crippen molar-refractivity contribution in [2.45, 2.75) is 51.2 Å². The van der Waals surface area contributed by atoms with Crippen LogP contribution in [0.4, 0.5) is 23.2 Å². The Morgan fingerprint density at radius 2 is 1.76 bits per heavy atom. The molecule has 1 saturated heterocycles. The highest BCUT2D eigenvalue weighted by Crippen LogP contribution is 2.32. The summed E-state index contributed by atoms with van der Waals surface area (Å²) < 4.78 is 52.3. The molecule has 0 aromatic heterocycles. The van der Waals surface area contributed by atoms with Crippen LogP contribution in [-0.4, -0.2) is 49.6 Å². The number of anilines is 1. The van der Waals surface area contributed by atoms with Gasteiger partial charge in [-0.25, -0.2) is 4.39 Å². The average Bonchev–Trinajstić information content (AvgIpc) is 2.67. The molecule has 1 aliphatic carbocycles. The molecule has 1 amide bonds. The van der Waals surface area contributed by atoms with Crippen molar-refractivity contribution in [3.05, 3.63) is 29.6 Å². The van der Waals surface area contributed by atoms with E-state index in [0.29, 0.717) is 31.1 Å². The van der Waals surface area contributed by atoms with Crippen molar-refractivity contribution in [1.82, 2.24) is 10.2 Å². The summed E-state index contributed by atoms with van der Waals surface area (Å²) in [4.78, 5) is 15.3. The molecule has 1 N–H and O–H groups in total. The lowest BCUT2D eigenvalue weighted by Crippen LogP contribution is -2.47. The minimum absolute atomic E-state index is 0.0378. The Labute approximate surface area is 169 Å². The van der Waals surface area contributed by atoms with Crippen LogP contribution in [-0.2, 0) is 11.0 Å². The van der Waals surface area contributed by atoms with Gasteiger partial charge in [0.05, 0.1) is 11.3 Å². The summed E-state index contributed by atoms with van der Waals surface area (Å²) in [6.07, 6.45) is 0.903. The van der Waals surface area contributed by atoms with Crippen LogP contribution >= 0.6 is 0 Å². The second-order valence-corrected chi connectivity index (χ2v) is 8.20. The van der Waals surface area contributed by atoms with Crippen LogP contribution < -0.4 is 10.2 Å². The smallest absolute Gasteiger partial charge is 0.367 e. The zero-order chi connectivity index (χ0) is 21.0. The van der Waals surface area contributed by atoms with Gasteiger partial charge in [0.2, 0.25) is 5.91 Å². The number of halogens is 4. The Balaban J connectivity index is 1.42. The van der Waals surface area contributed by atoms with E-state index in [0.717, 1.165) is 57.8 Å². The Morgan fingerprint density at radius 1 is 1.10 bits per heavy atom. The van der Waals surface area contributed by atoms with Gasteiger partial charge in [-0.3, -0.25) is 9.69 Å². The van der Waals surface area contributed by atoms with Gasteiger partial charge in [-0.2, -0.15) is 13.2 Å². The fourth-order valence-corrected chi connectivity index (χ4v) is 4.40. The summed E-state index contributed by atoms with van der Waals surface area (Å²) in [5, 5.41) is 3.00. The summed E-state index contributed by atoms with van der Waals surface area (Å²) in [5.74, 6) is -0.106. The van der Waals surface area contributed by atoms with Gasteiger partial charge < -0.3 is 10.2 Å². The summed E-state index contributed by atoms with van der Waals surface area (Å²) >= 11 is 0. The zero-order valence-electron chi connectivity index (χ0n) is 16.8. The molecule has 0 spiro atoms. The third kappa shape index (κ3) is 6.07. The minimum atomic E-state index is -4.53. The van der Waals surface area contributed by atoms with Crippen molar-refractivity contribution in [3.63, 3.8) is 0 Å². The van der Waals surface area contributed by atoms with E-state index >= 15 is 0 Å². The van der Waals surface area contributed by atoms with Gasteiger partial charge >= 0.3 is 6.18 Å². The van der Waals surface area contributed by atoms with Gasteiger partial charge in [0.1, 0.15) is 5.82 Å². The molecule has 0 unspecified atom stereocenters. The number of nitrogens with zero attached hydrogens (tertiary/aromatic N) is 2. The highest BCUT2D eigenvalue weighted by molar-refractivity contribution is 5.73. The van der Waals surface area contributed by atoms with Crippen molar-refractivity contribution in [2.24, 2.45) is 5.92 Å². The lowest BCUT2D eigenvalue weighted by atomic mass is 9.84. The second kappa shape index (κ2) is 9.32. The van der Waals surface area contributed by atoms with Gasteiger partial charge in [0.25, 0.3) is 0 Å². The molecule has 0 radical (unpaired) electrons. The minimum Gasteiger partial charge on any atom is -0.367 e. The van der Waals surface area contributed by atoms with Gasteiger partial charge in [-0.05, 0) is 62.8 Å². The van der Waals surface area contributed by atoms with Crippen LogP contribution in [0.25, 0.3) is 0 Å². The number of amides is 1. The molecule has 8 heteroatoms. The molecule has 0 bridgehead atoms. The molecule has 1 aliphatic heterocycles. The first kappa shape index (κ1) is 21.9. The van der Waals surface area contributed by atoms with Gasteiger partial charge in [0, 0.05) is 39.1 Å². The molecule has 0 atom stereocenters. The van der Waals surface area contributed by atoms with E-state index in [4.69, 9.17) is 0 Å². The number of rotatable bonds is 5. The molecule has 1 aromatic rings. The normalized spacial score (nSPS) is 23.8. The maximum atomic E-state index is 14.2. The molecule has 1 aromatic carbocycles. The largest absolute Gasteiger partial charge is 0.416 e. The van der Waals surface area contributed by atoms with Crippen LogP contribution in [0.1, 0.15) is 44.6 Å². The van der Waals surface area contributed by atoms with Crippen LogP contribution in [0, 0.1) is 11.7 Å². The molecule has 2 fully saturated rings. The molecule has 162 valence electrons. The van der Waals surface area contributed by atoms with Crippen molar-refractivity contribution >= 4 is 11.6 Å². The fourth-order valence-electron chi connectivity index (χ4n) is 4.40. The number of hydrogen-bond donors (Lipinski definition) is 1. The van der Waals surface area contributed by atoms with E-state index < -0.39 is 17.6 Å². The van der Waals surface area contributed by atoms with E-state index in [9.17, 15) is 22.4 Å². The highest BCUT2D eigenvalue weighted by atomic mass is 19.4. The first-order valence-electron chi connectivity index (χ1n) is 10.3. The van der Waals surface area contributed by atoms with E-state index in [1.807, 2.05) is 4.90 Å². The van der Waals surface area contributed by atoms with E-state index in [1.54, 1.807) is 6.92 Å². The average molecular weight is 415 g/mol. The van der Waals surface area contributed by atoms with Crippen molar-refractivity contribution < 1.29 is 22.4 Å². The summed E-state index contributed by atoms with van der Waals surface area (Å²) in [6, 6.07) is 3.08. The first-order chi connectivity index (χ1) is 13.7. The summed E-state index contributed by atoms with van der Waals surface area (Å²) in [6.45, 7) is 5.32. The summed E-state index contributed by atoms with van der Waals surface area (Å²) in [5.41, 5.74) is -0.709. The zero-order valence-corrected chi connectivity index (χ0v) is 16.8. The van der Waals surface area contributed by atoms with Crippen molar-refractivity contribution in [3.8, 4) is 0 Å². The third-order valence-corrected chi connectivity index (χ3v) is 6.10. The Kier molecular flexibility index (Phi) is 7.03. The predicted molar refractivity (Wildman–Crippen MR) is 104 cm³/mol. The Morgan fingerprint density at radius 3 is 2.31 bits per heavy atom. The quantitative estimate of drug-likeness (QED) is 0.737. The topological polar surface area (TPSA) is 35.6 Å². The maximum Gasteiger partial charge on any atom is 0.416 e. The molecule has 29 heavy (non-hydrogen) atoms. The molecule has 4 nitrogen and oxygen atoms in total. The van der Waals surface area contributed by atoms with Crippen molar-refractivity contribution in [1.29, 1.82) is 0 Å². The first-order valence-corrected chi connectivity index (χ1v) is 10.3. The monoisotopic (exact) mass is 415 g/mol. The predicted octanol–water partition coefficient (Wildman–Crippen LogP) is 4.05. The molecular formula is C21H29F4N3O. The van der Waals surface area contributed by atoms with Crippen LogP contribution in [0.15, 0.2) is 18.2 Å². The number of piperazine rings is 1. The fraction of sp³-hybridized carbons (Fsp3) is 0.667. The third-order valence-electron chi connectivity index (χ3n) is 6.10. The van der Waals surface area contributed by atoms with Gasteiger partial charge in [0.15, 0.2) is 0 Å². The van der Waals surface area contributed by atoms with Gasteiger partial charge in [-0.1, -0.05) is 0 Å². The Hall–Kier alpha value is -1.83. The molecule has 2 aliphatic rings. The molecule has 1 saturated carbocycles. The number of alkyl halides is 3. The molecule has 3 rings (SSSR count). The van der Waals surface area contributed by atoms with Crippen molar-refractivity contribution in [2.75, 3.05) is 37.6 Å². The lowest BCUT2D eigenvalue weighted by Gasteiger charge is -2.37. The van der Waals surface area contributed by atoms with Crippen LogP contribution in [0.2, 0.25) is 0 Å². The summed E-state index contributed by atoms with van der Waals surface area (Å²) in [7, 11) is 0. The number of carbonyl (C=O) groups is 1. The van der Waals surface area contributed by atoms with E-state index in [-0.39, 0.29) is 11.6 Å². The SMILES string of the molecule is CC(=O)NC1CCC(CCN2CCN(c3ccc(C(F)(F)F)cc3F)CC2)CC1. The number of carbonyl (C=O) groups excluding carboxylic acids is 1. The van der Waals surface area contributed by atoms with Gasteiger partial charge in [-0.15, -0.1) is 0 Å². The Bertz CT molecular complexity index is 694. The van der Waals surface area contributed by atoms with Crippen LogP contribution in [0.3, 0.4) is 0 Å². The number of benzene rings is 1. The number of hydrogen-bond acceptors (Lipinski definition) is 3. The molecule has 1 heterocycles. The maximum absolute atomic E-state index is 14.2. The highest BCUT2D eigenvalue weighted by Gasteiger charge is 2.32. The number of nitrogens with one attached hydrogen (secondary N) is 1. The molecular weight excluding hydrogens is 386 g/mol. The van der Waals surface area contributed by atoms with E-state index in [1.165, 1.54) is 6.07 Å². The van der Waals surface area contributed by atoms with E-state index in [2.05, 4.69) is 10.2 Å².